The quantitative estimate of drug-likeness (QED) is 0.876. The fourth-order valence-electron chi connectivity index (χ4n) is 2.50. The van der Waals surface area contributed by atoms with Gasteiger partial charge in [0.2, 0.25) is 5.91 Å². The van der Waals surface area contributed by atoms with Crippen LogP contribution in [0.1, 0.15) is 38.2 Å². The molecule has 1 aromatic carbocycles. The third kappa shape index (κ3) is 3.56. The molecule has 1 fully saturated rings. The predicted molar refractivity (Wildman–Crippen MR) is 69.7 cm³/mol. The van der Waals surface area contributed by atoms with Crippen molar-refractivity contribution in [3.8, 4) is 0 Å². The fraction of sp³-hybridized carbons (Fsp3) is 0.533. The third-order valence-corrected chi connectivity index (χ3v) is 3.69. The molecule has 1 N–H and O–H groups in total. The van der Waals surface area contributed by atoms with Crippen molar-refractivity contribution in [1.29, 1.82) is 0 Å². The molecule has 0 bridgehead atoms. The van der Waals surface area contributed by atoms with E-state index >= 15 is 0 Å². The molecule has 0 spiro atoms. The summed E-state index contributed by atoms with van der Waals surface area (Å²) in [4.78, 5) is 11.8. The topological polar surface area (TPSA) is 29.1 Å². The van der Waals surface area contributed by atoms with Crippen molar-refractivity contribution in [3.63, 3.8) is 0 Å². The molecule has 1 saturated carbocycles. The summed E-state index contributed by atoms with van der Waals surface area (Å²) in [5.74, 6) is 0.397. The summed E-state index contributed by atoms with van der Waals surface area (Å²) in [6, 6.07) is 6.73. The molecule has 0 unspecified atom stereocenters. The zero-order valence-electron chi connectivity index (χ0n) is 10.8. The van der Waals surface area contributed by atoms with Crippen molar-refractivity contribution < 1.29 is 9.18 Å². The van der Waals surface area contributed by atoms with Crippen molar-refractivity contribution in [2.75, 3.05) is 0 Å². The van der Waals surface area contributed by atoms with Gasteiger partial charge in [0, 0.05) is 6.04 Å². The molecule has 1 aliphatic carbocycles. The van der Waals surface area contributed by atoms with Crippen LogP contribution in [0.4, 0.5) is 4.39 Å². The van der Waals surface area contributed by atoms with Crippen LogP contribution in [-0.4, -0.2) is 11.9 Å². The average Bonchev–Trinajstić information content (AvgIpc) is 2.35. The smallest absolute Gasteiger partial charge is 0.224 e. The number of hydrogen-bond donors (Lipinski definition) is 1. The summed E-state index contributed by atoms with van der Waals surface area (Å²) in [5, 5.41) is 3.01. The standard InChI is InChI=1S/C15H20FNO/c1-11-6-8-13(9-7-11)17-15(18)10-12-4-2-3-5-14(12)16/h2-5,11,13H,6-10H2,1H3,(H,17,18). The maximum Gasteiger partial charge on any atom is 0.224 e. The normalized spacial score (nSPS) is 23.7. The SMILES string of the molecule is CC1CCC(NC(=O)Cc2ccccc2F)CC1. The predicted octanol–water partition coefficient (Wildman–Crippen LogP) is 3.06. The number of carbonyl (C=O) groups excluding carboxylic acids is 1. The van der Waals surface area contributed by atoms with Crippen LogP contribution in [0.5, 0.6) is 0 Å². The van der Waals surface area contributed by atoms with Gasteiger partial charge in [-0.2, -0.15) is 0 Å². The molecular formula is C15H20FNO. The lowest BCUT2D eigenvalue weighted by atomic mass is 9.87. The van der Waals surface area contributed by atoms with Gasteiger partial charge in [0.05, 0.1) is 6.42 Å². The van der Waals surface area contributed by atoms with Crippen LogP contribution in [0, 0.1) is 11.7 Å². The zero-order chi connectivity index (χ0) is 13.0. The van der Waals surface area contributed by atoms with Gasteiger partial charge >= 0.3 is 0 Å². The highest BCUT2D eigenvalue weighted by atomic mass is 19.1. The summed E-state index contributed by atoms with van der Waals surface area (Å²) in [6.45, 7) is 2.25. The Morgan fingerprint density at radius 3 is 2.61 bits per heavy atom. The molecule has 1 aliphatic rings. The average molecular weight is 249 g/mol. The highest BCUT2D eigenvalue weighted by Gasteiger charge is 2.20. The van der Waals surface area contributed by atoms with Crippen molar-refractivity contribution in [2.45, 2.75) is 45.1 Å². The van der Waals surface area contributed by atoms with E-state index in [-0.39, 0.29) is 24.2 Å². The molecule has 2 rings (SSSR count). The van der Waals surface area contributed by atoms with Gasteiger partial charge in [-0.15, -0.1) is 0 Å². The molecule has 1 amide bonds. The first-order chi connectivity index (χ1) is 8.65. The Labute approximate surface area is 108 Å². The number of nitrogens with one attached hydrogen (secondary N) is 1. The van der Waals surface area contributed by atoms with E-state index in [1.165, 1.54) is 18.9 Å². The molecule has 18 heavy (non-hydrogen) atoms. The van der Waals surface area contributed by atoms with Gasteiger partial charge in [-0.05, 0) is 43.2 Å². The highest BCUT2D eigenvalue weighted by Crippen LogP contribution is 2.23. The van der Waals surface area contributed by atoms with E-state index in [0.717, 1.165) is 18.8 Å². The first-order valence-electron chi connectivity index (χ1n) is 6.68. The molecule has 0 atom stereocenters. The number of hydrogen-bond acceptors (Lipinski definition) is 1. The minimum atomic E-state index is -0.301. The second-order valence-electron chi connectivity index (χ2n) is 5.29. The summed E-state index contributed by atoms with van der Waals surface area (Å²) in [7, 11) is 0. The lowest BCUT2D eigenvalue weighted by Crippen LogP contribution is -2.38. The van der Waals surface area contributed by atoms with E-state index in [4.69, 9.17) is 0 Å². The van der Waals surface area contributed by atoms with E-state index in [0.29, 0.717) is 5.56 Å². The number of amides is 1. The number of rotatable bonds is 3. The minimum Gasteiger partial charge on any atom is -0.353 e. The van der Waals surface area contributed by atoms with Gasteiger partial charge in [0.15, 0.2) is 0 Å². The summed E-state index contributed by atoms with van der Waals surface area (Å²) in [6.07, 6.45) is 4.57. The molecule has 0 heterocycles. The van der Waals surface area contributed by atoms with Crippen molar-refractivity contribution in [3.05, 3.63) is 35.6 Å². The van der Waals surface area contributed by atoms with Crippen molar-refractivity contribution >= 4 is 5.91 Å². The Balaban J connectivity index is 1.84. The number of halogens is 1. The van der Waals surface area contributed by atoms with Crippen molar-refractivity contribution in [2.24, 2.45) is 5.92 Å². The second-order valence-corrected chi connectivity index (χ2v) is 5.29. The molecule has 98 valence electrons. The lowest BCUT2D eigenvalue weighted by Gasteiger charge is -2.26. The van der Waals surface area contributed by atoms with Crippen LogP contribution in [0.15, 0.2) is 24.3 Å². The Kier molecular flexibility index (Phi) is 4.34. The van der Waals surface area contributed by atoms with Gasteiger partial charge in [-0.1, -0.05) is 25.1 Å². The number of carbonyl (C=O) groups is 1. The van der Waals surface area contributed by atoms with Crippen LogP contribution in [0.25, 0.3) is 0 Å². The first kappa shape index (κ1) is 13.1. The van der Waals surface area contributed by atoms with Gasteiger partial charge in [-0.25, -0.2) is 4.39 Å². The Hall–Kier alpha value is -1.38. The minimum absolute atomic E-state index is 0.0698. The molecule has 3 heteroatoms. The fourth-order valence-corrected chi connectivity index (χ4v) is 2.50. The molecule has 0 aliphatic heterocycles. The Bertz CT molecular complexity index is 411. The Morgan fingerprint density at radius 2 is 1.94 bits per heavy atom. The van der Waals surface area contributed by atoms with E-state index in [1.54, 1.807) is 18.2 Å². The van der Waals surface area contributed by atoms with Crippen LogP contribution in [-0.2, 0) is 11.2 Å². The third-order valence-electron chi connectivity index (χ3n) is 3.69. The molecule has 1 aromatic rings. The largest absolute Gasteiger partial charge is 0.353 e. The molecule has 0 aromatic heterocycles. The maximum absolute atomic E-state index is 13.4. The van der Waals surface area contributed by atoms with Gasteiger partial charge in [-0.3, -0.25) is 4.79 Å². The van der Waals surface area contributed by atoms with Gasteiger partial charge in [0.25, 0.3) is 0 Å². The molecule has 0 radical (unpaired) electrons. The Morgan fingerprint density at radius 1 is 1.28 bits per heavy atom. The van der Waals surface area contributed by atoms with Crippen LogP contribution < -0.4 is 5.32 Å². The van der Waals surface area contributed by atoms with Gasteiger partial charge < -0.3 is 5.32 Å². The zero-order valence-corrected chi connectivity index (χ0v) is 10.8. The van der Waals surface area contributed by atoms with Crippen LogP contribution in [0.2, 0.25) is 0 Å². The summed E-state index contributed by atoms with van der Waals surface area (Å²) >= 11 is 0. The summed E-state index contributed by atoms with van der Waals surface area (Å²) in [5.41, 5.74) is 0.471. The highest BCUT2D eigenvalue weighted by molar-refractivity contribution is 5.78. The van der Waals surface area contributed by atoms with E-state index in [2.05, 4.69) is 12.2 Å². The van der Waals surface area contributed by atoms with E-state index < -0.39 is 0 Å². The lowest BCUT2D eigenvalue weighted by molar-refractivity contribution is -0.121. The van der Waals surface area contributed by atoms with Crippen molar-refractivity contribution in [1.82, 2.24) is 5.32 Å². The first-order valence-corrected chi connectivity index (χ1v) is 6.68. The van der Waals surface area contributed by atoms with Gasteiger partial charge in [0.1, 0.15) is 5.82 Å². The van der Waals surface area contributed by atoms with Crippen LogP contribution in [0.3, 0.4) is 0 Å². The van der Waals surface area contributed by atoms with E-state index in [9.17, 15) is 9.18 Å². The summed E-state index contributed by atoms with van der Waals surface area (Å²) < 4.78 is 13.4. The second kappa shape index (κ2) is 5.98. The molecule has 0 saturated heterocycles. The monoisotopic (exact) mass is 249 g/mol. The molecular weight excluding hydrogens is 229 g/mol. The van der Waals surface area contributed by atoms with E-state index in [1.807, 2.05) is 0 Å². The number of benzene rings is 1. The molecule has 2 nitrogen and oxygen atoms in total. The maximum atomic E-state index is 13.4. The van der Waals surface area contributed by atoms with Crippen LogP contribution >= 0.6 is 0 Å².